The second kappa shape index (κ2) is 6.34. The van der Waals surface area contributed by atoms with Gasteiger partial charge in [-0.1, -0.05) is 12.1 Å². The molecule has 0 unspecified atom stereocenters. The standard InChI is InChI=1S/C13H21N3O3S/c1-13(2,3)15-9-12(17)16-10-7-5-6-8-11(10)20(18,19)14-4/h5-8,14-15H,9H2,1-4H3,(H,16,17). The van der Waals surface area contributed by atoms with Gasteiger partial charge in [0, 0.05) is 5.54 Å². The van der Waals surface area contributed by atoms with Gasteiger partial charge >= 0.3 is 0 Å². The first-order chi connectivity index (χ1) is 9.15. The quantitative estimate of drug-likeness (QED) is 0.754. The van der Waals surface area contributed by atoms with Crippen molar-refractivity contribution in [2.24, 2.45) is 0 Å². The van der Waals surface area contributed by atoms with E-state index in [1.165, 1.54) is 13.1 Å². The summed E-state index contributed by atoms with van der Waals surface area (Å²) in [6, 6.07) is 6.27. The number of hydrogen-bond acceptors (Lipinski definition) is 4. The molecule has 0 saturated carbocycles. The van der Waals surface area contributed by atoms with Gasteiger partial charge in [-0.25, -0.2) is 13.1 Å². The van der Waals surface area contributed by atoms with Crippen molar-refractivity contribution in [3.05, 3.63) is 24.3 Å². The van der Waals surface area contributed by atoms with E-state index in [9.17, 15) is 13.2 Å². The van der Waals surface area contributed by atoms with Crippen molar-refractivity contribution in [3.63, 3.8) is 0 Å². The van der Waals surface area contributed by atoms with Crippen molar-refractivity contribution in [1.82, 2.24) is 10.0 Å². The Morgan fingerprint density at radius 3 is 2.35 bits per heavy atom. The minimum Gasteiger partial charge on any atom is -0.324 e. The molecule has 6 nitrogen and oxygen atoms in total. The second-order valence-electron chi connectivity index (χ2n) is 5.36. The molecule has 1 aromatic rings. The third kappa shape index (κ3) is 4.92. The smallest absolute Gasteiger partial charge is 0.242 e. The first kappa shape index (κ1) is 16.6. The summed E-state index contributed by atoms with van der Waals surface area (Å²) in [7, 11) is -2.27. The Balaban J connectivity index is 2.86. The normalized spacial score (nSPS) is 12.2. The first-order valence-corrected chi connectivity index (χ1v) is 7.71. The Kier molecular flexibility index (Phi) is 5.27. The van der Waals surface area contributed by atoms with Gasteiger partial charge in [0.25, 0.3) is 0 Å². The molecule has 0 atom stereocenters. The van der Waals surface area contributed by atoms with Crippen LogP contribution in [0.15, 0.2) is 29.2 Å². The summed E-state index contributed by atoms with van der Waals surface area (Å²) in [5.74, 6) is -0.293. The van der Waals surface area contributed by atoms with Crippen molar-refractivity contribution in [2.75, 3.05) is 18.9 Å². The zero-order valence-electron chi connectivity index (χ0n) is 12.1. The highest BCUT2D eigenvalue weighted by molar-refractivity contribution is 7.89. The molecule has 0 fully saturated rings. The Labute approximate surface area is 120 Å². The predicted octanol–water partition coefficient (Wildman–Crippen LogP) is 0.921. The molecular formula is C13H21N3O3S. The third-order valence-electron chi connectivity index (χ3n) is 2.50. The summed E-state index contributed by atoms with van der Waals surface area (Å²) < 4.78 is 25.9. The molecule has 112 valence electrons. The number of para-hydroxylation sites is 1. The SMILES string of the molecule is CNS(=O)(=O)c1ccccc1NC(=O)CNC(C)(C)C. The maximum Gasteiger partial charge on any atom is 0.242 e. The van der Waals surface area contributed by atoms with E-state index >= 15 is 0 Å². The molecule has 0 saturated heterocycles. The number of amides is 1. The van der Waals surface area contributed by atoms with Crippen LogP contribution in [0.2, 0.25) is 0 Å². The summed E-state index contributed by atoms with van der Waals surface area (Å²) in [6.07, 6.45) is 0. The average molecular weight is 299 g/mol. The van der Waals surface area contributed by atoms with E-state index in [2.05, 4.69) is 15.4 Å². The van der Waals surface area contributed by atoms with E-state index < -0.39 is 10.0 Å². The maximum absolute atomic E-state index is 11.8. The van der Waals surface area contributed by atoms with Crippen LogP contribution >= 0.6 is 0 Å². The Morgan fingerprint density at radius 2 is 1.80 bits per heavy atom. The van der Waals surface area contributed by atoms with E-state index in [0.717, 1.165) is 0 Å². The highest BCUT2D eigenvalue weighted by atomic mass is 32.2. The lowest BCUT2D eigenvalue weighted by atomic mass is 10.1. The monoisotopic (exact) mass is 299 g/mol. The highest BCUT2D eigenvalue weighted by Gasteiger charge is 2.18. The van der Waals surface area contributed by atoms with Gasteiger partial charge in [-0.15, -0.1) is 0 Å². The number of benzene rings is 1. The molecule has 20 heavy (non-hydrogen) atoms. The fraction of sp³-hybridized carbons (Fsp3) is 0.462. The van der Waals surface area contributed by atoms with E-state index in [4.69, 9.17) is 0 Å². The Morgan fingerprint density at radius 1 is 1.20 bits per heavy atom. The van der Waals surface area contributed by atoms with Crippen LogP contribution in [0.3, 0.4) is 0 Å². The number of hydrogen-bond donors (Lipinski definition) is 3. The molecule has 0 aromatic heterocycles. The number of rotatable bonds is 5. The topological polar surface area (TPSA) is 87.3 Å². The van der Waals surface area contributed by atoms with Crippen molar-refractivity contribution in [2.45, 2.75) is 31.2 Å². The molecule has 0 aliphatic rings. The van der Waals surface area contributed by atoms with Crippen molar-refractivity contribution >= 4 is 21.6 Å². The molecular weight excluding hydrogens is 278 g/mol. The first-order valence-electron chi connectivity index (χ1n) is 6.23. The summed E-state index contributed by atoms with van der Waals surface area (Å²) in [5, 5.41) is 5.64. The summed E-state index contributed by atoms with van der Waals surface area (Å²) in [4.78, 5) is 11.9. The number of anilines is 1. The predicted molar refractivity (Wildman–Crippen MR) is 79.1 cm³/mol. The lowest BCUT2D eigenvalue weighted by Gasteiger charge is -2.20. The third-order valence-corrected chi connectivity index (χ3v) is 3.97. The largest absolute Gasteiger partial charge is 0.324 e. The highest BCUT2D eigenvalue weighted by Crippen LogP contribution is 2.20. The lowest BCUT2D eigenvalue weighted by Crippen LogP contribution is -2.41. The number of carbonyl (C=O) groups is 1. The number of sulfonamides is 1. The molecule has 3 N–H and O–H groups in total. The zero-order valence-corrected chi connectivity index (χ0v) is 13.0. The van der Waals surface area contributed by atoms with Crippen LogP contribution < -0.4 is 15.4 Å². The lowest BCUT2D eigenvalue weighted by molar-refractivity contribution is -0.115. The second-order valence-corrected chi connectivity index (χ2v) is 7.21. The van der Waals surface area contributed by atoms with Crippen molar-refractivity contribution < 1.29 is 13.2 Å². The Hall–Kier alpha value is -1.44. The maximum atomic E-state index is 11.8. The minimum absolute atomic E-state index is 0.0478. The van der Waals surface area contributed by atoms with Crippen LogP contribution in [0.1, 0.15) is 20.8 Å². The number of nitrogens with one attached hydrogen (secondary N) is 3. The van der Waals surface area contributed by atoms with Crippen LogP contribution in [-0.2, 0) is 14.8 Å². The van der Waals surface area contributed by atoms with Gasteiger partial charge in [0.1, 0.15) is 4.90 Å². The summed E-state index contributed by atoms with van der Waals surface area (Å²) >= 11 is 0. The van der Waals surface area contributed by atoms with E-state index in [0.29, 0.717) is 0 Å². The van der Waals surface area contributed by atoms with Crippen LogP contribution in [-0.4, -0.2) is 33.5 Å². The van der Waals surface area contributed by atoms with Crippen LogP contribution in [0.5, 0.6) is 0 Å². The molecule has 0 radical (unpaired) electrons. The molecule has 0 aliphatic carbocycles. The van der Waals surface area contributed by atoms with Gasteiger partial charge in [-0.05, 0) is 40.0 Å². The van der Waals surface area contributed by atoms with Crippen LogP contribution in [0.4, 0.5) is 5.69 Å². The number of carbonyl (C=O) groups excluding carboxylic acids is 1. The fourth-order valence-corrected chi connectivity index (χ4v) is 2.34. The van der Waals surface area contributed by atoms with E-state index in [-0.39, 0.29) is 28.6 Å². The zero-order chi connectivity index (χ0) is 15.4. The molecule has 0 heterocycles. The van der Waals surface area contributed by atoms with Gasteiger partial charge in [-0.3, -0.25) is 4.79 Å². The van der Waals surface area contributed by atoms with Crippen molar-refractivity contribution in [1.29, 1.82) is 0 Å². The average Bonchev–Trinajstić information content (AvgIpc) is 2.36. The molecule has 0 bridgehead atoms. The fourth-order valence-electron chi connectivity index (χ4n) is 1.45. The van der Waals surface area contributed by atoms with E-state index in [1.54, 1.807) is 18.2 Å². The van der Waals surface area contributed by atoms with Crippen molar-refractivity contribution in [3.8, 4) is 0 Å². The van der Waals surface area contributed by atoms with Gasteiger partial charge in [0.2, 0.25) is 15.9 Å². The molecule has 0 spiro atoms. The van der Waals surface area contributed by atoms with Crippen LogP contribution in [0, 0.1) is 0 Å². The Bertz CT molecular complexity index is 577. The molecule has 0 aliphatic heterocycles. The summed E-state index contributed by atoms with van der Waals surface area (Å²) in [6.45, 7) is 5.94. The minimum atomic E-state index is -3.60. The van der Waals surface area contributed by atoms with Gasteiger partial charge < -0.3 is 10.6 Å². The van der Waals surface area contributed by atoms with Gasteiger partial charge in [0.15, 0.2) is 0 Å². The van der Waals surface area contributed by atoms with E-state index in [1.807, 2.05) is 20.8 Å². The molecule has 7 heteroatoms. The molecule has 1 amide bonds. The molecule has 1 rings (SSSR count). The summed E-state index contributed by atoms with van der Waals surface area (Å²) in [5.41, 5.74) is 0.0797. The van der Waals surface area contributed by atoms with Gasteiger partial charge in [-0.2, -0.15) is 0 Å². The van der Waals surface area contributed by atoms with Crippen LogP contribution in [0.25, 0.3) is 0 Å². The van der Waals surface area contributed by atoms with Gasteiger partial charge in [0.05, 0.1) is 12.2 Å². The molecule has 1 aromatic carbocycles.